The van der Waals surface area contributed by atoms with E-state index in [0.29, 0.717) is 24.7 Å². The van der Waals surface area contributed by atoms with Crippen LogP contribution in [-0.2, 0) is 0 Å². The number of hydrogen-bond acceptors (Lipinski definition) is 3. The molecule has 0 radical (unpaired) electrons. The number of nitrogens with zero attached hydrogens (tertiary/aromatic N) is 2. The minimum Gasteiger partial charge on any atom is -0.396 e. The number of likely N-dealkylation sites (tertiary alicyclic amines) is 1. The molecule has 0 saturated carbocycles. The second kappa shape index (κ2) is 4.87. The number of nitrogens with one attached hydrogen (secondary N) is 1. The molecule has 0 aliphatic carbocycles. The average Bonchev–Trinajstić information content (AvgIpc) is 2.97. The number of aromatic amines is 1. The minimum absolute atomic E-state index is 0.0379. The maximum absolute atomic E-state index is 12.1. The first kappa shape index (κ1) is 12.1. The topological polar surface area (TPSA) is 69.2 Å². The molecule has 1 aliphatic rings. The molecular weight excluding hydrogens is 218 g/mol. The van der Waals surface area contributed by atoms with Gasteiger partial charge in [-0.05, 0) is 18.4 Å². The van der Waals surface area contributed by atoms with Crippen molar-refractivity contribution in [2.75, 3.05) is 19.7 Å². The second-order valence-corrected chi connectivity index (χ2v) is 4.95. The summed E-state index contributed by atoms with van der Waals surface area (Å²) in [6.45, 7) is 5.62. The molecule has 1 aromatic heterocycles. The molecule has 5 nitrogen and oxygen atoms in total. The highest BCUT2D eigenvalue weighted by molar-refractivity contribution is 5.92. The van der Waals surface area contributed by atoms with Gasteiger partial charge in [-0.3, -0.25) is 9.89 Å². The van der Waals surface area contributed by atoms with E-state index in [0.717, 1.165) is 12.1 Å². The van der Waals surface area contributed by atoms with E-state index in [1.54, 1.807) is 4.90 Å². The fraction of sp³-hybridized carbons (Fsp3) is 0.667. The van der Waals surface area contributed by atoms with Gasteiger partial charge in [0, 0.05) is 31.3 Å². The van der Waals surface area contributed by atoms with Crippen molar-refractivity contribution < 1.29 is 9.90 Å². The van der Waals surface area contributed by atoms with Crippen molar-refractivity contribution >= 4 is 5.91 Å². The summed E-state index contributed by atoms with van der Waals surface area (Å²) in [5, 5.41) is 16.0. The predicted molar refractivity (Wildman–Crippen MR) is 63.8 cm³/mol. The molecule has 0 aromatic carbocycles. The monoisotopic (exact) mass is 237 g/mol. The van der Waals surface area contributed by atoms with E-state index in [-0.39, 0.29) is 18.4 Å². The molecule has 2 heterocycles. The van der Waals surface area contributed by atoms with Crippen molar-refractivity contribution in [3.63, 3.8) is 0 Å². The van der Waals surface area contributed by atoms with E-state index >= 15 is 0 Å². The summed E-state index contributed by atoms with van der Waals surface area (Å²) in [5.41, 5.74) is 1.46. The lowest BCUT2D eigenvalue weighted by Gasteiger charge is -2.14. The Bertz CT molecular complexity index is 400. The third-order valence-corrected chi connectivity index (χ3v) is 3.27. The van der Waals surface area contributed by atoms with Crippen molar-refractivity contribution in [3.05, 3.63) is 17.5 Å². The molecule has 1 saturated heterocycles. The van der Waals surface area contributed by atoms with Gasteiger partial charge >= 0.3 is 0 Å². The molecule has 1 atom stereocenters. The van der Waals surface area contributed by atoms with Gasteiger partial charge in [-0.2, -0.15) is 5.10 Å². The van der Waals surface area contributed by atoms with Gasteiger partial charge in [0.25, 0.3) is 5.91 Å². The van der Waals surface area contributed by atoms with Gasteiger partial charge in [-0.1, -0.05) is 13.8 Å². The first-order valence-corrected chi connectivity index (χ1v) is 6.07. The Morgan fingerprint density at radius 1 is 1.71 bits per heavy atom. The highest BCUT2D eigenvalue weighted by atomic mass is 16.3. The number of hydrogen-bond donors (Lipinski definition) is 2. The quantitative estimate of drug-likeness (QED) is 0.823. The molecule has 1 amide bonds. The zero-order chi connectivity index (χ0) is 12.4. The number of carbonyl (C=O) groups excluding carboxylic acids is 1. The molecular formula is C12H19N3O2. The Kier molecular flexibility index (Phi) is 3.47. The van der Waals surface area contributed by atoms with Crippen molar-refractivity contribution in [2.24, 2.45) is 5.92 Å². The maximum atomic E-state index is 12.1. The lowest BCUT2D eigenvalue weighted by Crippen LogP contribution is -2.29. The van der Waals surface area contributed by atoms with Crippen LogP contribution in [0.4, 0.5) is 0 Å². The zero-order valence-corrected chi connectivity index (χ0v) is 10.3. The van der Waals surface area contributed by atoms with Crippen LogP contribution in [0, 0.1) is 5.92 Å². The third-order valence-electron chi connectivity index (χ3n) is 3.27. The smallest absolute Gasteiger partial charge is 0.274 e. The first-order chi connectivity index (χ1) is 8.11. The van der Waals surface area contributed by atoms with Crippen molar-refractivity contribution in [1.29, 1.82) is 0 Å². The molecule has 2 rings (SSSR count). The van der Waals surface area contributed by atoms with Crippen LogP contribution >= 0.6 is 0 Å². The number of aliphatic hydroxyl groups is 1. The summed E-state index contributed by atoms with van der Waals surface area (Å²) in [6.07, 6.45) is 0.879. The van der Waals surface area contributed by atoms with Crippen LogP contribution in [0.3, 0.4) is 0 Å². The van der Waals surface area contributed by atoms with Crippen molar-refractivity contribution in [1.82, 2.24) is 15.1 Å². The summed E-state index contributed by atoms with van der Waals surface area (Å²) in [4.78, 5) is 13.9. The van der Waals surface area contributed by atoms with Crippen LogP contribution in [0.25, 0.3) is 0 Å². The number of rotatable bonds is 3. The van der Waals surface area contributed by atoms with E-state index < -0.39 is 0 Å². The van der Waals surface area contributed by atoms with Crippen LogP contribution in [0.5, 0.6) is 0 Å². The standard InChI is InChI=1S/C12H19N3O2/c1-8(2)10-5-11(14-13-10)12(17)15-4-3-9(6-15)7-16/h5,8-9,16H,3-4,6-7H2,1-2H3,(H,13,14). The molecule has 1 aliphatic heterocycles. The molecule has 0 bridgehead atoms. The van der Waals surface area contributed by atoms with E-state index in [2.05, 4.69) is 24.0 Å². The van der Waals surface area contributed by atoms with Gasteiger partial charge in [-0.15, -0.1) is 0 Å². The summed E-state index contributed by atoms with van der Waals surface area (Å²) >= 11 is 0. The lowest BCUT2D eigenvalue weighted by atomic mass is 10.1. The SMILES string of the molecule is CC(C)c1cc(C(=O)N2CCC(CO)C2)n[nH]1. The summed E-state index contributed by atoms with van der Waals surface area (Å²) < 4.78 is 0. The van der Waals surface area contributed by atoms with Gasteiger partial charge in [0.1, 0.15) is 5.69 Å². The molecule has 0 spiro atoms. The summed E-state index contributed by atoms with van der Waals surface area (Å²) in [6, 6.07) is 1.82. The van der Waals surface area contributed by atoms with Crippen LogP contribution in [0.15, 0.2) is 6.07 Å². The Morgan fingerprint density at radius 3 is 3.00 bits per heavy atom. The summed E-state index contributed by atoms with van der Waals surface area (Å²) in [7, 11) is 0. The van der Waals surface area contributed by atoms with Crippen LogP contribution in [-0.4, -0.2) is 45.8 Å². The van der Waals surface area contributed by atoms with Gasteiger partial charge in [0.2, 0.25) is 0 Å². The van der Waals surface area contributed by atoms with Crippen molar-refractivity contribution in [3.8, 4) is 0 Å². The fourth-order valence-electron chi connectivity index (χ4n) is 2.07. The predicted octanol–water partition coefficient (Wildman–Crippen LogP) is 0.988. The van der Waals surface area contributed by atoms with E-state index in [9.17, 15) is 4.79 Å². The zero-order valence-electron chi connectivity index (χ0n) is 10.3. The molecule has 94 valence electrons. The number of amides is 1. The summed E-state index contributed by atoms with van der Waals surface area (Å²) in [5.74, 6) is 0.527. The normalized spacial score (nSPS) is 20.2. The number of aliphatic hydroxyl groups excluding tert-OH is 1. The number of aromatic nitrogens is 2. The molecule has 17 heavy (non-hydrogen) atoms. The second-order valence-electron chi connectivity index (χ2n) is 4.95. The largest absolute Gasteiger partial charge is 0.396 e. The third kappa shape index (κ3) is 2.49. The Hall–Kier alpha value is -1.36. The average molecular weight is 237 g/mol. The minimum atomic E-state index is -0.0379. The highest BCUT2D eigenvalue weighted by Gasteiger charge is 2.27. The Morgan fingerprint density at radius 2 is 2.47 bits per heavy atom. The van der Waals surface area contributed by atoms with E-state index in [1.165, 1.54) is 0 Å². The van der Waals surface area contributed by atoms with Crippen LogP contribution < -0.4 is 0 Å². The van der Waals surface area contributed by atoms with Crippen LogP contribution in [0.1, 0.15) is 42.4 Å². The highest BCUT2D eigenvalue weighted by Crippen LogP contribution is 2.19. The first-order valence-electron chi connectivity index (χ1n) is 6.07. The molecule has 2 N–H and O–H groups in total. The number of H-pyrrole nitrogens is 1. The Balaban J connectivity index is 2.04. The van der Waals surface area contributed by atoms with Gasteiger partial charge in [0.05, 0.1) is 0 Å². The van der Waals surface area contributed by atoms with Crippen LogP contribution in [0.2, 0.25) is 0 Å². The van der Waals surface area contributed by atoms with Gasteiger partial charge < -0.3 is 10.0 Å². The van der Waals surface area contributed by atoms with E-state index in [1.807, 2.05) is 6.07 Å². The van der Waals surface area contributed by atoms with Gasteiger partial charge in [0.15, 0.2) is 0 Å². The van der Waals surface area contributed by atoms with Crippen molar-refractivity contribution in [2.45, 2.75) is 26.2 Å². The molecule has 1 fully saturated rings. The van der Waals surface area contributed by atoms with E-state index in [4.69, 9.17) is 5.11 Å². The molecule has 5 heteroatoms. The molecule has 1 unspecified atom stereocenters. The molecule has 1 aromatic rings. The van der Waals surface area contributed by atoms with Gasteiger partial charge in [-0.25, -0.2) is 0 Å². The lowest BCUT2D eigenvalue weighted by molar-refractivity contribution is 0.0776. The number of carbonyl (C=O) groups is 1. The maximum Gasteiger partial charge on any atom is 0.274 e. The fourth-order valence-corrected chi connectivity index (χ4v) is 2.07. The Labute approximate surface area is 101 Å².